The van der Waals surface area contributed by atoms with Gasteiger partial charge >= 0.3 is 0 Å². The third-order valence-electron chi connectivity index (χ3n) is 4.20. The number of halogens is 2. The predicted octanol–water partition coefficient (Wildman–Crippen LogP) is 3.87. The zero-order valence-electron chi connectivity index (χ0n) is 11.4. The molecule has 0 aliphatic carbocycles. The minimum absolute atomic E-state index is 0.0769. The first-order valence-corrected chi connectivity index (χ1v) is 7.19. The molecule has 20 heavy (non-hydrogen) atoms. The van der Waals surface area contributed by atoms with Crippen molar-refractivity contribution in [2.24, 2.45) is 0 Å². The van der Waals surface area contributed by atoms with E-state index in [1.807, 2.05) is 31.2 Å². The second-order valence-corrected chi connectivity index (χ2v) is 6.08. The summed E-state index contributed by atoms with van der Waals surface area (Å²) in [6, 6.07) is 13.1. The molecule has 2 aromatic rings. The highest BCUT2D eigenvalue weighted by molar-refractivity contribution is 6.30. The maximum atomic E-state index is 13.2. The van der Waals surface area contributed by atoms with Gasteiger partial charge in [0.2, 0.25) is 0 Å². The van der Waals surface area contributed by atoms with Crippen LogP contribution in [0.3, 0.4) is 0 Å². The second kappa shape index (κ2) is 5.19. The molecule has 1 nitrogen and oxygen atoms in total. The highest BCUT2D eigenvalue weighted by Crippen LogP contribution is 2.34. The number of rotatable bonds is 3. The van der Waals surface area contributed by atoms with Crippen molar-refractivity contribution in [2.45, 2.75) is 18.8 Å². The smallest absolute Gasteiger partial charge is 0.123 e. The van der Waals surface area contributed by atoms with Crippen LogP contribution in [0, 0.1) is 12.7 Å². The minimum atomic E-state index is -0.171. The molecular formula is C17H17ClFN. The largest absolute Gasteiger partial charge is 0.315 e. The Morgan fingerprint density at radius 1 is 1.20 bits per heavy atom. The summed E-state index contributed by atoms with van der Waals surface area (Å²) in [5.74, 6) is -0.171. The summed E-state index contributed by atoms with van der Waals surface area (Å²) < 4.78 is 13.2. The normalized spacial score (nSPS) is 16.8. The Hall–Kier alpha value is -1.38. The third kappa shape index (κ3) is 2.46. The molecule has 1 N–H and O–H groups in total. The fourth-order valence-electron chi connectivity index (χ4n) is 2.90. The van der Waals surface area contributed by atoms with Gasteiger partial charge < -0.3 is 5.32 Å². The van der Waals surface area contributed by atoms with Crippen molar-refractivity contribution in [3.8, 4) is 0 Å². The van der Waals surface area contributed by atoms with Crippen LogP contribution in [0.2, 0.25) is 5.02 Å². The first-order chi connectivity index (χ1) is 9.59. The van der Waals surface area contributed by atoms with Gasteiger partial charge in [-0.25, -0.2) is 4.39 Å². The molecule has 1 saturated heterocycles. The zero-order valence-corrected chi connectivity index (χ0v) is 12.2. The van der Waals surface area contributed by atoms with Crippen molar-refractivity contribution in [3.63, 3.8) is 0 Å². The van der Waals surface area contributed by atoms with Crippen LogP contribution in [0.5, 0.6) is 0 Å². The molecule has 104 valence electrons. The van der Waals surface area contributed by atoms with Gasteiger partial charge in [-0.15, -0.1) is 0 Å². The Labute approximate surface area is 123 Å². The van der Waals surface area contributed by atoms with Crippen LogP contribution in [0.4, 0.5) is 4.39 Å². The predicted molar refractivity (Wildman–Crippen MR) is 80.8 cm³/mol. The van der Waals surface area contributed by atoms with Crippen LogP contribution in [-0.2, 0) is 11.8 Å². The monoisotopic (exact) mass is 289 g/mol. The minimum Gasteiger partial charge on any atom is -0.315 e. The van der Waals surface area contributed by atoms with Crippen LogP contribution in [0.25, 0.3) is 0 Å². The highest BCUT2D eigenvalue weighted by Gasteiger charge is 2.39. The van der Waals surface area contributed by atoms with E-state index in [2.05, 4.69) is 11.4 Å². The van der Waals surface area contributed by atoms with Crippen molar-refractivity contribution < 1.29 is 4.39 Å². The lowest BCUT2D eigenvalue weighted by atomic mass is 9.70. The molecule has 0 radical (unpaired) electrons. The lowest BCUT2D eigenvalue weighted by molar-refractivity contribution is 0.274. The van der Waals surface area contributed by atoms with Gasteiger partial charge in [-0.05, 0) is 54.3 Å². The Bertz CT molecular complexity index is 635. The molecular weight excluding hydrogens is 273 g/mol. The first kappa shape index (κ1) is 13.6. The van der Waals surface area contributed by atoms with Crippen LogP contribution in [-0.4, -0.2) is 13.1 Å². The van der Waals surface area contributed by atoms with E-state index < -0.39 is 0 Å². The molecule has 1 aliphatic rings. The van der Waals surface area contributed by atoms with Gasteiger partial charge in [-0.1, -0.05) is 29.8 Å². The summed E-state index contributed by atoms with van der Waals surface area (Å²) in [4.78, 5) is 0. The van der Waals surface area contributed by atoms with Crippen LogP contribution in [0.1, 0.15) is 16.7 Å². The molecule has 0 bridgehead atoms. The molecule has 0 unspecified atom stereocenters. The van der Waals surface area contributed by atoms with Gasteiger partial charge in [-0.2, -0.15) is 0 Å². The highest BCUT2D eigenvalue weighted by atomic mass is 35.5. The second-order valence-electron chi connectivity index (χ2n) is 5.64. The first-order valence-electron chi connectivity index (χ1n) is 6.81. The topological polar surface area (TPSA) is 12.0 Å². The Morgan fingerprint density at radius 2 is 2.00 bits per heavy atom. The quantitative estimate of drug-likeness (QED) is 0.904. The Morgan fingerprint density at radius 3 is 2.60 bits per heavy atom. The van der Waals surface area contributed by atoms with E-state index >= 15 is 0 Å². The summed E-state index contributed by atoms with van der Waals surface area (Å²) in [7, 11) is 0. The summed E-state index contributed by atoms with van der Waals surface area (Å²) in [5, 5.41) is 4.12. The molecule has 1 heterocycles. The average Bonchev–Trinajstić information content (AvgIpc) is 2.36. The molecule has 0 spiro atoms. The number of aryl methyl sites for hydroxylation is 1. The average molecular weight is 290 g/mol. The van der Waals surface area contributed by atoms with Gasteiger partial charge in [0.1, 0.15) is 5.82 Å². The molecule has 0 saturated carbocycles. The fraction of sp³-hybridized carbons (Fsp3) is 0.294. The van der Waals surface area contributed by atoms with Gasteiger partial charge in [0.25, 0.3) is 0 Å². The molecule has 2 aromatic carbocycles. The van der Waals surface area contributed by atoms with Gasteiger partial charge in [0, 0.05) is 23.5 Å². The van der Waals surface area contributed by atoms with Crippen LogP contribution >= 0.6 is 11.6 Å². The van der Waals surface area contributed by atoms with Gasteiger partial charge in [0.05, 0.1) is 0 Å². The maximum Gasteiger partial charge on any atom is 0.123 e. The molecule has 1 fully saturated rings. The third-order valence-corrected chi connectivity index (χ3v) is 4.43. The summed E-state index contributed by atoms with van der Waals surface area (Å²) in [6.07, 6.45) is 0.909. The van der Waals surface area contributed by atoms with Crippen LogP contribution in [0.15, 0.2) is 42.5 Å². The van der Waals surface area contributed by atoms with E-state index in [0.717, 1.165) is 30.1 Å². The Balaban J connectivity index is 1.94. The van der Waals surface area contributed by atoms with Crippen molar-refractivity contribution >= 4 is 11.6 Å². The fourth-order valence-corrected chi connectivity index (χ4v) is 3.09. The summed E-state index contributed by atoms with van der Waals surface area (Å²) >= 11 is 6.12. The lowest BCUT2D eigenvalue weighted by Gasteiger charge is -2.44. The van der Waals surface area contributed by atoms with E-state index in [-0.39, 0.29) is 11.2 Å². The van der Waals surface area contributed by atoms with Crippen molar-refractivity contribution in [1.29, 1.82) is 0 Å². The van der Waals surface area contributed by atoms with Gasteiger partial charge in [-0.3, -0.25) is 0 Å². The van der Waals surface area contributed by atoms with E-state index in [1.54, 1.807) is 12.1 Å². The summed E-state index contributed by atoms with van der Waals surface area (Å²) in [5.41, 5.74) is 3.55. The van der Waals surface area contributed by atoms with E-state index in [9.17, 15) is 4.39 Å². The zero-order chi connectivity index (χ0) is 14.2. The van der Waals surface area contributed by atoms with Crippen LogP contribution < -0.4 is 5.32 Å². The van der Waals surface area contributed by atoms with Crippen molar-refractivity contribution in [2.75, 3.05) is 13.1 Å². The van der Waals surface area contributed by atoms with Crippen molar-refractivity contribution in [3.05, 3.63) is 70.0 Å². The molecule has 0 atom stereocenters. The Kier molecular flexibility index (Phi) is 3.53. The number of benzene rings is 2. The number of hydrogen-bond acceptors (Lipinski definition) is 1. The molecule has 1 aliphatic heterocycles. The molecule has 3 heteroatoms. The molecule has 3 rings (SSSR count). The number of nitrogens with one attached hydrogen (secondary N) is 1. The van der Waals surface area contributed by atoms with E-state index in [4.69, 9.17) is 11.6 Å². The summed E-state index contributed by atoms with van der Waals surface area (Å²) in [6.45, 7) is 3.84. The number of hydrogen-bond donors (Lipinski definition) is 1. The van der Waals surface area contributed by atoms with Gasteiger partial charge in [0.15, 0.2) is 0 Å². The van der Waals surface area contributed by atoms with E-state index in [0.29, 0.717) is 0 Å². The molecule has 0 aromatic heterocycles. The maximum absolute atomic E-state index is 13.2. The lowest BCUT2D eigenvalue weighted by Crippen LogP contribution is -2.58. The standard InChI is InChI=1S/C17H17ClFN/c1-12-7-16(19)6-5-13(12)9-17(10-20-11-17)14-3-2-4-15(18)8-14/h2-8,20H,9-11H2,1H3. The SMILES string of the molecule is Cc1cc(F)ccc1CC1(c2cccc(Cl)c2)CNC1. The van der Waals surface area contributed by atoms with E-state index in [1.165, 1.54) is 11.1 Å². The molecule has 0 amide bonds. The van der Waals surface area contributed by atoms with Crippen molar-refractivity contribution in [1.82, 2.24) is 5.32 Å².